The zero-order valence-electron chi connectivity index (χ0n) is 35.3. The van der Waals surface area contributed by atoms with Crippen LogP contribution < -0.4 is 4.74 Å². The Bertz CT molecular complexity index is 3390. The molecular weight excluding hydrogens is 779 g/mol. The van der Waals surface area contributed by atoms with E-state index in [4.69, 9.17) is 19.7 Å². The van der Waals surface area contributed by atoms with Crippen molar-refractivity contribution < 1.29 is 4.74 Å². The first-order valence-corrected chi connectivity index (χ1v) is 23.2. The Morgan fingerprint density at radius 2 is 1.03 bits per heavy atom. The number of benzene rings is 8. The standard InChI is InChI=1S/C60H43N3O/c1-2-11-41-31-42(25-20-37(41)10-1)57-62-55(61-56(63-57)40-26-28-44(29-27-40)59-33-36-30-43-34-58(32-36,35-59)54(43)59)39-23-21-38(22-24-39)45-14-9-18-51-53(45)64-52-19-8-7-17-50(52)60(51)48-15-5-3-12-46(48)47-13-4-6-16-49(47)60/h1-29,31,36,43,54H,30,32-35H2/t36-,43?,54?,58-,59?/m1/s1. The van der Waals surface area contributed by atoms with Crippen molar-refractivity contribution in [2.75, 3.05) is 0 Å². The van der Waals surface area contributed by atoms with Gasteiger partial charge in [0, 0.05) is 33.4 Å². The number of aromatic nitrogens is 3. The molecular formula is C60H43N3O. The lowest BCUT2D eigenvalue weighted by Crippen LogP contribution is -2.76. The third-order valence-corrected chi connectivity index (χ3v) is 16.7. The van der Waals surface area contributed by atoms with Crippen molar-refractivity contribution >= 4 is 10.8 Å². The Morgan fingerprint density at radius 3 is 1.75 bits per heavy atom. The van der Waals surface area contributed by atoms with E-state index in [0.29, 0.717) is 28.3 Å². The Morgan fingerprint density at radius 1 is 0.453 bits per heavy atom. The van der Waals surface area contributed by atoms with Crippen LogP contribution in [0, 0.1) is 23.2 Å². The lowest BCUT2D eigenvalue weighted by atomic mass is 9.22. The minimum absolute atomic E-state index is 0.393. The predicted octanol–water partition coefficient (Wildman–Crippen LogP) is 14.2. The van der Waals surface area contributed by atoms with Gasteiger partial charge in [0.1, 0.15) is 11.5 Å². The van der Waals surface area contributed by atoms with Crippen LogP contribution in [0.25, 0.3) is 67.2 Å². The Labute approximate surface area is 372 Å². The van der Waals surface area contributed by atoms with E-state index < -0.39 is 5.41 Å². The van der Waals surface area contributed by atoms with Crippen LogP contribution in [0.3, 0.4) is 0 Å². The van der Waals surface area contributed by atoms with Gasteiger partial charge < -0.3 is 4.74 Å². The van der Waals surface area contributed by atoms with Gasteiger partial charge in [-0.1, -0.05) is 170 Å². The van der Waals surface area contributed by atoms with Crippen LogP contribution in [0.15, 0.2) is 182 Å². The SMILES string of the molecule is c1ccc2c(c1)Oc1c(-c3ccc(-c4nc(-c5ccc(C67C[C@@H]8CC9C[C@](C8)(C6)C97)cc5)nc(-c5ccc6ccccc6c5)n4)cc3)cccc1C21c2ccccc2-c2ccccc21. The van der Waals surface area contributed by atoms with E-state index in [1.165, 1.54) is 70.9 Å². The van der Waals surface area contributed by atoms with Gasteiger partial charge in [-0.2, -0.15) is 0 Å². The van der Waals surface area contributed by atoms with Gasteiger partial charge in [-0.15, -0.1) is 0 Å². The molecule has 5 atom stereocenters. The van der Waals surface area contributed by atoms with Crippen LogP contribution in [0.5, 0.6) is 11.5 Å². The monoisotopic (exact) mass is 821 g/mol. The van der Waals surface area contributed by atoms with Gasteiger partial charge in [-0.3, -0.25) is 0 Å². The molecule has 7 aliphatic carbocycles. The first-order chi connectivity index (χ1) is 31.6. The first kappa shape index (κ1) is 35.3. The van der Waals surface area contributed by atoms with E-state index in [2.05, 4.69) is 182 Å². The highest BCUT2D eigenvalue weighted by Crippen LogP contribution is 2.84. The molecule has 17 rings (SSSR count). The smallest absolute Gasteiger partial charge is 0.164 e. The minimum atomic E-state index is -0.512. The van der Waals surface area contributed by atoms with Crippen molar-refractivity contribution in [3.63, 3.8) is 0 Å². The van der Waals surface area contributed by atoms with Crippen LogP contribution >= 0.6 is 0 Å². The minimum Gasteiger partial charge on any atom is -0.456 e. The molecule has 304 valence electrons. The quantitative estimate of drug-likeness (QED) is 0.173. The van der Waals surface area contributed by atoms with Crippen molar-refractivity contribution in [3.8, 4) is 67.9 Å². The van der Waals surface area contributed by atoms with Gasteiger partial charge in [0.15, 0.2) is 17.5 Å². The lowest BCUT2D eigenvalue weighted by Gasteiger charge is -2.82. The van der Waals surface area contributed by atoms with E-state index in [9.17, 15) is 0 Å². The van der Waals surface area contributed by atoms with Crippen LogP contribution in [0.4, 0.5) is 0 Å². The fourth-order valence-corrected chi connectivity index (χ4v) is 14.7. The molecule has 0 saturated heterocycles. The molecule has 1 aromatic heterocycles. The van der Waals surface area contributed by atoms with Crippen LogP contribution in [0.2, 0.25) is 0 Å². The molecule has 4 nitrogen and oxygen atoms in total. The van der Waals surface area contributed by atoms with Crippen molar-refractivity contribution in [1.82, 2.24) is 15.0 Å². The zero-order valence-corrected chi connectivity index (χ0v) is 35.3. The third-order valence-electron chi connectivity index (χ3n) is 16.7. The number of nitrogens with zero attached hydrogens (tertiary/aromatic N) is 3. The van der Waals surface area contributed by atoms with E-state index in [1.54, 1.807) is 0 Å². The number of para-hydroxylation sites is 2. The zero-order chi connectivity index (χ0) is 41.8. The topological polar surface area (TPSA) is 47.9 Å². The maximum Gasteiger partial charge on any atom is 0.164 e. The molecule has 0 N–H and O–H groups in total. The van der Waals surface area contributed by atoms with Crippen LogP contribution in [-0.4, -0.2) is 15.0 Å². The van der Waals surface area contributed by atoms with Gasteiger partial charge in [0.2, 0.25) is 0 Å². The molecule has 0 amide bonds. The molecule has 2 spiro atoms. The molecule has 0 radical (unpaired) electrons. The molecule has 9 aromatic rings. The molecule has 6 fully saturated rings. The van der Waals surface area contributed by atoms with E-state index >= 15 is 0 Å². The fraction of sp³-hybridized carbons (Fsp3) is 0.183. The largest absolute Gasteiger partial charge is 0.456 e. The summed E-state index contributed by atoms with van der Waals surface area (Å²) in [6.45, 7) is 0. The molecule has 64 heavy (non-hydrogen) atoms. The number of fused-ring (bicyclic) bond motifs is 10. The highest BCUT2D eigenvalue weighted by atomic mass is 16.5. The Kier molecular flexibility index (Phi) is 6.90. The summed E-state index contributed by atoms with van der Waals surface area (Å²) in [7, 11) is 0. The maximum atomic E-state index is 7.00. The van der Waals surface area contributed by atoms with Crippen molar-refractivity contribution in [2.24, 2.45) is 23.2 Å². The van der Waals surface area contributed by atoms with Gasteiger partial charge in [-0.25, -0.2) is 15.0 Å². The van der Waals surface area contributed by atoms with Gasteiger partial charge in [-0.05, 0) is 117 Å². The molecule has 4 heteroatoms. The fourth-order valence-electron chi connectivity index (χ4n) is 14.7. The van der Waals surface area contributed by atoms with Crippen LogP contribution in [-0.2, 0) is 10.8 Å². The molecule has 3 unspecified atom stereocenters. The van der Waals surface area contributed by atoms with Gasteiger partial charge in [0.05, 0.1) is 5.41 Å². The summed E-state index contributed by atoms with van der Waals surface area (Å²) >= 11 is 0. The summed E-state index contributed by atoms with van der Waals surface area (Å²) in [5, 5.41) is 2.36. The molecule has 5 bridgehead atoms. The van der Waals surface area contributed by atoms with E-state index in [0.717, 1.165) is 68.0 Å². The highest BCUT2D eigenvalue weighted by molar-refractivity contribution is 5.91. The second-order valence-electron chi connectivity index (χ2n) is 19.8. The summed E-state index contributed by atoms with van der Waals surface area (Å²) in [6, 6.07) is 66.0. The number of ether oxygens (including phenoxy) is 1. The van der Waals surface area contributed by atoms with Crippen molar-refractivity contribution in [1.29, 1.82) is 0 Å². The number of hydrogen-bond donors (Lipinski definition) is 0. The average Bonchev–Trinajstić information content (AvgIpc) is 3.63. The summed E-state index contributed by atoms with van der Waals surface area (Å²) in [5.41, 5.74) is 14.6. The molecule has 2 heterocycles. The second kappa shape index (κ2) is 12.5. The second-order valence-corrected chi connectivity index (χ2v) is 19.8. The molecule has 1 aliphatic heterocycles. The summed E-state index contributed by atoms with van der Waals surface area (Å²) in [4.78, 5) is 15.6. The summed E-state index contributed by atoms with van der Waals surface area (Å²) in [5.74, 6) is 6.60. The summed E-state index contributed by atoms with van der Waals surface area (Å²) < 4.78 is 7.00. The van der Waals surface area contributed by atoms with Crippen molar-refractivity contribution in [2.45, 2.75) is 42.9 Å². The molecule has 6 saturated carbocycles. The van der Waals surface area contributed by atoms with Crippen molar-refractivity contribution in [3.05, 3.63) is 210 Å². The number of hydrogen-bond acceptors (Lipinski definition) is 4. The van der Waals surface area contributed by atoms with E-state index in [-0.39, 0.29) is 0 Å². The third kappa shape index (κ3) is 4.55. The van der Waals surface area contributed by atoms with Gasteiger partial charge in [0.25, 0.3) is 0 Å². The maximum absolute atomic E-state index is 7.00. The average molecular weight is 822 g/mol. The Balaban J connectivity index is 0.838. The number of rotatable bonds is 5. The summed E-state index contributed by atoms with van der Waals surface area (Å²) in [6.07, 6.45) is 7.21. The first-order valence-electron chi connectivity index (χ1n) is 23.2. The Hall–Kier alpha value is -7.17. The highest BCUT2D eigenvalue weighted by Gasteiger charge is 2.78. The lowest BCUT2D eigenvalue weighted by molar-refractivity contribution is -0.296. The predicted molar refractivity (Wildman–Crippen MR) is 254 cm³/mol. The molecule has 8 aliphatic rings. The van der Waals surface area contributed by atoms with E-state index in [1.807, 2.05) is 0 Å². The van der Waals surface area contributed by atoms with Crippen LogP contribution in [0.1, 0.15) is 59.9 Å². The molecule has 8 aromatic carbocycles. The van der Waals surface area contributed by atoms with Gasteiger partial charge >= 0.3 is 0 Å². The normalized spacial score (nSPS) is 24.2.